The third-order valence-corrected chi connectivity index (χ3v) is 2.29. The summed E-state index contributed by atoms with van der Waals surface area (Å²) in [6.45, 7) is 2.34. The molecule has 0 saturated heterocycles. The van der Waals surface area contributed by atoms with Crippen molar-refractivity contribution in [3.05, 3.63) is 23.8 Å². The minimum atomic E-state index is -0.173. The second-order valence-corrected chi connectivity index (χ2v) is 3.79. The highest BCUT2D eigenvalue weighted by atomic mass is 16.5. The maximum atomic E-state index is 11.8. The van der Waals surface area contributed by atoms with Gasteiger partial charge in [0, 0.05) is 18.7 Å². The van der Waals surface area contributed by atoms with E-state index in [0.29, 0.717) is 23.6 Å². The molecule has 5 heteroatoms. The van der Waals surface area contributed by atoms with Crippen molar-refractivity contribution in [3.63, 3.8) is 0 Å². The molecule has 17 heavy (non-hydrogen) atoms. The number of nitrogen functional groups attached to an aromatic ring is 1. The lowest BCUT2D eigenvalue weighted by atomic mass is 10.1. The molecule has 0 unspecified atom stereocenters. The van der Waals surface area contributed by atoms with Crippen molar-refractivity contribution in [2.75, 3.05) is 26.6 Å². The molecule has 5 nitrogen and oxygen atoms in total. The van der Waals surface area contributed by atoms with Gasteiger partial charge in [-0.15, -0.1) is 0 Å². The highest BCUT2D eigenvalue weighted by molar-refractivity contribution is 5.95. The summed E-state index contributed by atoms with van der Waals surface area (Å²) < 4.78 is 10.0. The van der Waals surface area contributed by atoms with E-state index in [1.54, 1.807) is 25.3 Å². The van der Waals surface area contributed by atoms with Gasteiger partial charge in [0.2, 0.25) is 0 Å². The lowest BCUT2D eigenvalue weighted by Crippen LogP contribution is -2.35. The minimum Gasteiger partial charge on any atom is -0.495 e. The Kier molecular flexibility index (Phi) is 4.78. The Morgan fingerprint density at radius 3 is 2.76 bits per heavy atom. The lowest BCUT2D eigenvalue weighted by molar-refractivity contribution is 0.0905. The van der Waals surface area contributed by atoms with Gasteiger partial charge >= 0.3 is 0 Å². The molecule has 0 aliphatic heterocycles. The van der Waals surface area contributed by atoms with E-state index in [1.165, 1.54) is 7.11 Å². The van der Waals surface area contributed by atoms with E-state index >= 15 is 0 Å². The average molecular weight is 238 g/mol. The third-order valence-electron chi connectivity index (χ3n) is 2.29. The summed E-state index contributed by atoms with van der Waals surface area (Å²) in [6, 6.07) is 4.88. The van der Waals surface area contributed by atoms with Gasteiger partial charge in [0.25, 0.3) is 5.91 Å². The van der Waals surface area contributed by atoms with Gasteiger partial charge in [0.15, 0.2) is 0 Å². The van der Waals surface area contributed by atoms with Crippen molar-refractivity contribution in [2.45, 2.75) is 13.0 Å². The van der Waals surface area contributed by atoms with Crippen LogP contribution in [-0.4, -0.2) is 32.8 Å². The number of nitrogens with two attached hydrogens (primary N) is 1. The molecule has 0 heterocycles. The molecule has 1 rings (SSSR count). The first kappa shape index (κ1) is 13.3. The predicted octanol–water partition coefficient (Wildman–Crippen LogP) is 1.04. The fourth-order valence-electron chi connectivity index (χ4n) is 1.45. The lowest BCUT2D eigenvalue weighted by Gasteiger charge is -2.13. The quantitative estimate of drug-likeness (QED) is 0.752. The van der Waals surface area contributed by atoms with Crippen molar-refractivity contribution in [1.82, 2.24) is 5.32 Å². The summed E-state index contributed by atoms with van der Waals surface area (Å²) in [7, 11) is 3.11. The normalized spacial score (nSPS) is 11.9. The van der Waals surface area contributed by atoms with Gasteiger partial charge in [0.05, 0.1) is 19.4 Å². The SMILES string of the molecule is COC[C@H](C)NC(=O)c1ccc(N)c(OC)c1. The van der Waals surface area contributed by atoms with E-state index in [-0.39, 0.29) is 11.9 Å². The summed E-state index contributed by atoms with van der Waals surface area (Å²) in [4.78, 5) is 11.8. The molecule has 0 saturated carbocycles. The summed E-state index contributed by atoms with van der Waals surface area (Å²) in [5.41, 5.74) is 6.69. The Morgan fingerprint density at radius 1 is 1.47 bits per heavy atom. The molecule has 0 aliphatic rings. The Balaban J connectivity index is 2.75. The van der Waals surface area contributed by atoms with Crippen molar-refractivity contribution < 1.29 is 14.3 Å². The molecule has 0 fully saturated rings. The van der Waals surface area contributed by atoms with Crippen LogP contribution in [0.2, 0.25) is 0 Å². The molecule has 0 bridgehead atoms. The molecule has 1 amide bonds. The van der Waals surface area contributed by atoms with Crippen LogP contribution in [0.4, 0.5) is 5.69 Å². The number of hydrogen-bond acceptors (Lipinski definition) is 4. The van der Waals surface area contributed by atoms with Gasteiger partial charge in [-0.3, -0.25) is 4.79 Å². The predicted molar refractivity (Wildman–Crippen MR) is 66.2 cm³/mol. The first-order chi connectivity index (χ1) is 8.08. The van der Waals surface area contributed by atoms with E-state index in [1.807, 2.05) is 6.92 Å². The molecular weight excluding hydrogens is 220 g/mol. The van der Waals surface area contributed by atoms with Gasteiger partial charge in [-0.1, -0.05) is 0 Å². The first-order valence-electron chi connectivity index (χ1n) is 5.31. The minimum absolute atomic E-state index is 0.0453. The van der Waals surface area contributed by atoms with Crippen LogP contribution < -0.4 is 15.8 Å². The molecule has 1 aromatic rings. The molecule has 1 atom stereocenters. The molecule has 3 N–H and O–H groups in total. The highest BCUT2D eigenvalue weighted by Crippen LogP contribution is 2.21. The van der Waals surface area contributed by atoms with E-state index in [0.717, 1.165) is 0 Å². The Bertz CT molecular complexity index is 393. The van der Waals surface area contributed by atoms with Crippen molar-refractivity contribution >= 4 is 11.6 Å². The fraction of sp³-hybridized carbons (Fsp3) is 0.417. The molecule has 0 aliphatic carbocycles. The van der Waals surface area contributed by atoms with Crippen LogP contribution in [0.3, 0.4) is 0 Å². The Morgan fingerprint density at radius 2 is 2.18 bits per heavy atom. The fourth-order valence-corrected chi connectivity index (χ4v) is 1.45. The zero-order valence-electron chi connectivity index (χ0n) is 10.3. The van der Waals surface area contributed by atoms with Gasteiger partial charge in [-0.05, 0) is 25.1 Å². The second kappa shape index (κ2) is 6.10. The van der Waals surface area contributed by atoms with Crippen LogP contribution >= 0.6 is 0 Å². The molecule has 1 aromatic carbocycles. The Labute approximate surface area is 101 Å². The first-order valence-corrected chi connectivity index (χ1v) is 5.31. The molecule has 0 aromatic heterocycles. The molecular formula is C12H18N2O3. The number of nitrogens with one attached hydrogen (secondary N) is 1. The van der Waals surface area contributed by atoms with Crippen LogP contribution in [-0.2, 0) is 4.74 Å². The number of ether oxygens (including phenoxy) is 2. The summed E-state index contributed by atoms with van der Waals surface area (Å²) in [5, 5.41) is 2.81. The largest absolute Gasteiger partial charge is 0.495 e. The molecule has 94 valence electrons. The zero-order chi connectivity index (χ0) is 12.8. The third kappa shape index (κ3) is 3.64. The van der Waals surface area contributed by atoms with E-state index < -0.39 is 0 Å². The summed E-state index contributed by atoms with van der Waals surface area (Å²) in [6.07, 6.45) is 0. The van der Waals surface area contributed by atoms with E-state index in [9.17, 15) is 4.79 Å². The number of amides is 1. The highest BCUT2D eigenvalue weighted by Gasteiger charge is 2.11. The van der Waals surface area contributed by atoms with Crippen LogP contribution in [0.25, 0.3) is 0 Å². The summed E-state index contributed by atoms with van der Waals surface area (Å²) >= 11 is 0. The van der Waals surface area contributed by atoms with E-state index in [4.69, 9.17) is 15.2 Å². The number of rotatable bonds is 5. The molecule has 0 spiro atoms. The standard InChI is InChI=1S/C12H18N2O3/c1-8(7-16-2)14-12(15)9-4-5-10(13)11(6-9)17-3/h4-6,8H,7,13H2,1-3H3,(H,14,15)/t8-/m0/s1. The number of anilines is 1. The van der Waals surface area contributed by atoms with Gasteiger partial charge in [-0.25, -0.2) is 0 Å². The smallest absolute Gasteiger partial charge is 0.251 e. The summed E-state index contributed by atoms with van der Waals surface area (Å²) in [5.74, 6) is 0.324. The topological polar surface area (TPSA) is 73.6 Å². The van der Waals surface area contributed by atoms with Crippen LogP contribution in [0.1, 0.15) is 17.3 Å². The average Bonchev–Trinajstić information content (AvgIpc) is 2.29. The van der Waals surface area contributed by atoms with Crippen LogP contribution in [0, 0.1) is 0 Å². The van der Waals surface area contributed by atoms with Gasteiger partial charge in [-0.2, -0.15) is 0 Å². The number of benzene rings is 1. The maximum absolute atomic E-state index is 11.8. The van der Waals surface area contributed by atoms with Crippen molar-refractivity contribution in [3.8, 4) is 5.75 Å². The van der Waals surface area contributed by atoms with Crippen molar-refractivity contribution in [1.29, 1.82) is 0 Å². The maximum Gasteiger partial charge on any atom is 0.251 e. The van der Waals surface area contributed by atoms with Gasteiger partial charge in [0.1, 0.15) is 5.75 Å². The van der Waals surface area contributed by atoms with E-state index in [2.05, 4.69) is 5.32 Å². The zero-order valence-corrected chi connectivity index (χ0v) is 10.3. The van der Waals surface area contributed by atoms with Crippen LogP contribution in [0.15, 0.2) is 18.2 Å². The number of carbonyl (C=O) groups is 1. The van der Waals surface area contributed by atoms with Crippen LogP contribution in [0.5, 0.6) is 5.75 Å². The number of hydrogen-bond donors (Lipinski definition) is 2. The number of methoxy groups -OCH3 is 2. The molecule has 0 radical (unpaired) electrons. The number of carbonyl (C=O) groups excluding carboxylic acids is 1. The Hall–Kier alpha value is -1.75. The van der Waals surface area contributed by atoms with Gasteiger partial charge < -0.3 is 20.5 Å². The monoisotopic (exact) mass is 238 g/mol. The van der Waals surface area contributed by atoms with Crippen molar-refractivity contribution in [2.24, 2.45) is 0 Å². The second-order valence-electron chi connectivity index (χ2n) is 3.79.